The Bertz CT molecular complexity index is 463. The standard InChI is InChI=1S/C22H44N2O2.C2H6/c1-16(2)11-20(5,6)12-18(25)23-14-21(7,8)13-22(9,10)15-24-19(26)17(3)4;1-2/h16-17H,11-15H2,1-10H3,(H,23,25)(H,24,26);1-2H3. The molecule has 0 aromatic carbocycles. The predicted molar refractivity (Wildman–Crippen MR) is 122 cm³/mol. The molecule has 2 N–H and O–H groups in total. The first kappa shape index (κ1) is 29.1. The van der Waals surface area contributed by atoms with Crippen molar-refractivity contribution in [2.45, 2.75) is 102 Å². The molecular weight excluding hydrogens is 348 g/mol. The Morgan fingerprint density at radius 3 is 1.57 bits per heavy atom. The fourth-order valence-electron chi connectivity index (χ4n) is 3.96. The van der Waals surface area contributed by atoms with Gasteiger partial charge in [-0.15, -0.1) is 0 Å². The lowest BCUT2D eigenvalue weighted by molar-refractivity contribution is -0.124. The molecule has 0 unspecified atom stereocenters. The summed E-state index contributed by atoms with van der Waals surface area (Å²) in [5, 5.41) is 6.16. The number of carbonyl (C=O) groups is 2. The highest BCUT2D eigenvalue weighted by Gasteiger charge is 2.30. The third kappa shape index (κ3) is 14.9. The molecule has 0 aromatic rings. The number of carbonyl (C=O) groups excluding carboxylic acids is 2. The molecule has 0 aliphatic carbocycles. The molecule has 2 amide bonds. The molecule has 0 aliphatic rings. The van der Waals surface area contributed by atoms with Crippen LogP contribution < -0.4 is 10.6 Å². The summed E-state index contributed by atoms with van der Waals surface area (Å²) in [6.07, 6.45) is 2.54. The Balaban J connectivity index is 0. The minimum atomic E-state index is -0.0239. The molecule has 0 radical (unpaired) electrons. The molecular formula is C24H50N2O2. The summed E-state index contributed by atoms with van der Waals surface area (Å²) in [7, 11) is 0. The number of amides is 2. The van der Waals surface area contributed by atoms with Crippen molar-refractivity contribution in [2.24, 2.45) is 28.1 Å². The zero-order chi connectivity index (χ0) is 22.8. The van der Waals surface area contributed by atoms with Gasteiger partial charge in [0.25, 0.3) is 0 Å². The van der Waals surface area contributed by atoms with Gasteiger partial charge in [0.2, 0.25) is 11.8 Å². The highest BCUT2D eigenvalue weighted by molar-refractivity contribution is 5.77. The van der Waals surface area contributed by atoms with Crippen LogP contribution in [-0.4, -0.2) is 24.9 Å². The van der Waals surface area contributed by atoms with Crippen molar-refractivity contribution in [3.63, 3.8) is 0 Å². The van der Waals surface area contributed by atoms with Crippen molar-refractivity contribution >= 4 is 11.8 Å². The molecule has 4 heteroatoms. The zero-order valence-electron chi connectivity index (χ0n) is 21.0. The van der Waals surface area contributed by atoms with E-state index < -0.39 is 0 Å². The molecule has 0 aliphatic heterocycles. The number of rotatable bonds is 11. The van der Waals surface area contributed by atoms with Crippen LogP contribution in [0.2, 0.25) is 0 Å². The van der Waals surface area contributed by atoms with Gasteiger partial charge in [0, 0.05) is 25.4 Å². The molecule has 0 saturated carbocycles. The molecule has 0 atom stereocenters. The molecule has 28 heavy (non-hydrogen) atoms. The Morgan fingerprint density at radius 2 is 1.18 bits per heavy atom. The van der Waals surface area contributed by atoms with Gasteiger partial charge in [-0.1, -0.05) is 83.1 Å². The minimum absolute atomic E-state index is 0.00675. The molecule has 0 bridgehead atoms. The van der Waals surface area contributed by atoms with Gasteiger partial charge in [-0.05, 0) is 35.0 Å². The summed E-state index contributed by atoms with van der Waals surface area (Å²) in [5.74, 6) is 0.828. The van der Waals surface area contributed by atoms with Crippen LogP contribution in [-0.2, 0) is 9.59 Å². The predicted octanol–water partition coefficient (Wildman–Crippen LogP) is 5.81. The molecule has 0 spiro atoms. The Labute approximate surface area is 176 Å². The van der Waals surface area contributed by atoms with Gasteiger partial charge in [-0.3, -0.25) is 9.59 Å². The maximum absolute atomic E-state index is 12.4. The molecule has 4 nitrogen and oxygen atoms in total. The first-order valence-electron chi connectivity index (χ1n) is 11.1. The lowest BCUT2D eigenvalue weighted by Crippen LogP contribution is -2.42. The third-order valence-corrected chi connectivity index (χ3v) is 4.59. The summed E-state index contributed by atoms with van der Waals surface area (Å²) in [6.45, 7) is 26.5. The van der Waals surface area contributed by atoms with Crippen molar-refractivity contribution < 1.29 is 9.59 Å². The van der Waals surface area contributed by atoms with E-state index in [-0.39, 0.29) is 34.0 Å². The van der Waals surface area contributed by atoms with E-state index in [1.807, 2.05) is 27.7 Å². The van der Waals surface area contributed by atoms with Crippen LogP contribution in [0.4, 0.5) is 0 Å². The van der Waals surface area contributed by atoms with Crippen LogP contribution in [0.3, 0.4) is 0 Å². The fraction of sp³-hybridized carbons (Fsp3) is 0.917. The van der Waals surface area contributed by atoms with Crippen molar-refractivity contribution in [2.75, 3.05) is 13.1 Å². The number of hydrogen-bond acceptors (Lipinski definition) is 2. The van der Waals surface area contributed by atoms with Gasteiger partial charge in [-0.2, -0.15) is 0 Å². The minimum Gasteiger partial charge on any atom is -0.356 e. The van der Waals surface area contributed by atoms with E-state index in [2.05, 4.69) is 66.0 Å². The Morgan fingerprint density at radius 1 is 0.750 bits per heavy atom. The van der Waals surface area contributed by atoms with E-state index in [9.17, 15) is 9.59 Å². The van der Waals surface area contributed by atoms with Crippen molar-refractivity contribution in [1.29, 1.82) is 0 Å². The highest BCUT2D eigenvalue weighted by Crippen LogP contribution is 2.33. The Hall–Kier alpha value is -1.06. The SMILES string of the molecule is CC.CC(C)CC(C)(C)CC(=O)NCC(C)(C)CC(C)(C)CNC(=O)C(C)C. The van der Waals surface area contributed by atoms with E-state index >= 15 is 0 Å². The molecule has 0 rings (SSSR count). The van der Waals surface area contributed by atoms with Crippen LogP contribution in [0, 0.1) is 28.1 Å². The van der Waals surface area contributed by atoms with Gasteiger partial charge >= 0.3 is 0 Å². The van der Waals surface area contributed by atoms with Gasteiger partial charge in [0.05, 0.1) is 0 Å². The van der Waals surface area contributed by atoms with Crippen LogP contribution in [0.5, 0.6) is 0 Å². The normalized spacial score (nSPS) is 12.5. The fourth-order valence-corrected chi connectivity index (χ4v) is 3.96. The van der Waals surface area contributed by atoms with Crippen molar-refractivity contribution in [3.8, 4) is 0 Å². The summed E-state index contributed by atoms with van der Waals surface area (Å²) >= 11 is 0. The first-order chi connectivity index (χ1) is 12.6. The van der Waals surface area contributed by atoms with E-state index in [4.69, 9.17) is 0 Å². The number of nitrogens with one attached hydrogen (secondary N) is 2. The maximum Gasteiger partial charge on any atom is 0.222 e. The summed E-state index contributed by atoms with van der Waals surface area (Å²) in [6, 6.07) is 0. The van der Waals surface area contributed by atoms with Crippen molar-refractivity contribution in [3.05, 3.63) is 0 Å². The van der Waals surface area contributed by atoms with Gasteiger partial charge in [0.15, 0.2) is 0 Å². The van der Waals surface area contributed by atoms with E-state index in [1.54, 1.807) is 0 Å². The Kier molecular flexibility index (Phi) is 13.0. The molecule has 0 aromatic heterocycles. The quantitative estimate of drug-likeness (QED) is 0.461. The second-order valence-corrected chi connectivity index (χ2v) is 11.1. The maximum atomic E-state index is 12.4. The van der Waals surface area contributed by atoms with Crippen LogP contribution >= 0.6 is 0 Å². The van der Waals surface area contributed by atoms with Gasteiger partial charge in [-0.25, -0.2) is 0 Å². The topological polar surface area (TPSA) is 58.2 Å². The van der Waals surface area contributed by atoms with Gasteiger partial charge in [0.1, 0.15) is 0 Å². The summed E-state index contributed by atoms with van der Waals surface area (Å²) in [4.78, 5) is 24.2. The smallest absolute Gasteiger partial charge is 0.222 e. The zero-order valence-corrected chi connectivity index (χ0v) is 21.0. The highest BCUT2D eigenvalue weighted by atomic mass is 16.2. The van der Waals surface area contributed by atoms with Gasteiger partial charge < -0.3 is 10.6 Å². The average Bonchev–Trinajstić information content (AvgIpc) is 2.50. The summed E-state index contributed by atoms with van der Waals surface area (Å²) < 4.78 is 0. The second-order valence-electron chi connectivity index (χ2n) is 11.1. The largest absolute Gasteiger partial charge is 0.356 e. The molecule has 0 saturated heterocycles. The second kappa shape index (κ2) is 12.5. The van der Waals surface area contributed by atoms with Crippen LogP contribution in [0.25, 0.3) is 0 Å². The van der Waals surface area contributed by atoms with Crippen molar-refractivity contribution in [1.82, 2.24) is 10.6 Å². The molecule has 0 fully saturated rings. The third-order valence-electron chi connectivity index (χ3n) is 4.59. The molecule has 0 heterocycles. The lowest BCUT2D eigenvalue weighted by atomic mass is 9.74. The summed E-state index contributed by atoms with van der Waals surface area (Å²) in [5.41, 5.74) is -0.0115. The van der Waals surface area contributed by atoms with E-state index in [1.165, 1.54) is 0 Å². The van der Waals surface area contributed by atoms with Crippen LogP contribution in [0.15, 0.2) is 0 Å². The molecule has 168 valence electrons. The van der Waals surface area contributed by atoms with E-state index in [0.717, 1.165) is 12.8 Å². The average molecular weight is 399 g/mol. The number of hydrogen-bond donors (Lipinski definition) is 2. The lowest BCUT2D eigenvalue weighted by Gasteiger charge is -2.36. The van der Waals surface area contributed by atoms with Crippen LogP contribution in [0.1, 0.15) is 102 Å². The van der Waals surface area contributed by atoms with E-state index in [0.29, 0.717) is 25.4 Å². The monoisotopic (exact) mass is 398 g/mol. The first-order valence-corrected chi connectivity index (χ1v) is 11.1.